The number of thiazole rings is 1. The van der Waals surface area contributed by atoms with Crippen molar-refractivity contribution in [2.45, 2.75) is 52.5 Å². The molecule has 1 atom stereocenters. The molecule has 108 valence electrons. The maximum atomic E-state index is 11.8. The zero-order valence-electron chi connectivity index (χ0n) is 11.9. The Kier molecular flexibility index (Phi) is 7.67. The van der Waals surface area contributed by atoms with Crippen LogP contribution in [0.25, 0.3) is 0 Å². The lowest BCUT2D eigenvalue weighted by Gasteiger charge is -2.14. The second kappa shape index (κ2) is 9.04. The van der Waals surface area contributed by atoms with Gasteiger partial charge in [-0.05, 0) is 32.2 Å². The van der Waals surface area contributed by atoms with Gasteiger partial charge < -0.3 is 11.1 Å². The monoisotopic (exact) mass is 283 g/mol. The van der Waals surface area contributed by atoms with E-state index in [1.165, 1.54) is 0 Å². The summed E-state index contributed by atoms with van der Waals surface area (Å²) in [5, 5.41) is 5.90. The second-order valence-electron chi connectivity index (χ2n) is 4.93. The lowest BCUT2D eigenvalue weighted by atomic mass is 9.94. The van der Waals surface area contributed by atoms with Gasteiger partial charge in [-0.1, -0.05) is 19.8 Å². The predicted octanol–water partition coefficient (Wildman–Crippen LogP) is 2.61. The van der Waals surface area contributed by atoms with Crippen molar-refractivity contribution in [3.8, 4) is 0 Å². The molecule has 1 unspecified atom stereocenters. The Morgan fingerprint density at radius 1 is 1.47 bits per heavy atom. The van der Waals surface area contributed by atoms with Gasteiger partial charge in [-0.25, -0.2) is 4.98 Å². The number of nitrogens with zero attached hydrogens (tertiary/aromatic N) is 1. The highest BCUT2D eigenvalue weighted by Gasteiger charge is 2.10. The first-order valence-corrected chi connectivity index (χ1v) is 7.91. The van der Waals surface area contributed by atoms with Crippen LogP contribution in [0.1, 0.15) is 49.7 Å². The molecule has 0 radical (unpaired) electrons. The van der Waals surface area contributed by atoms with Crippen LogP contribution in [0.3, 0.4) is 0 Å². The van der Waals surface area contributed by atoms with E-state index in [2.05, 4.69) is 17.2 Å². The summed E-state index contributed by atoms with van der Waals surface area (Å²) in [6.07, 6.45) is 4.87. The van der Waals surface area contributed by atoms with E-state index in [0.717, 1.165) is 36.4 Å². The maximum absolute atomic E-state index is 11.8. The van der Waals surface area contributed by atoms with E-state index in [9.17, 15) is 4.79 Å². The molecule has 1 heterocycles. The summed E-state index contributed by atoms with van der Waals surface area (Å²) in [5.74, 6) is 0.703. The summed E-state index contributed by atoms with van der Waals surface area (Å²) in [7, 11) is 0. The normalized spacial score (nSPS) is 12.4. The Morgan fingerprint density at radius 2 is 2.26 bits per heavy atom. The van der Waals surface area contributed by atoms with Crippen LogP contribution in [-0.4, -0.2) is 17.4 Å². The van der Waals surface area contributed by atoms with Gasteiger partial charge in [0.2, 0.25) is 5.91 Å². The van der Waals surface area contributed by atoms with Crippen molar-refractivity contribution in [3.63, 3.8) is 0 Å². The van der Waals surface area contributed by atoms with Gasteiger partial charge in [0, 0.05) is 17.5 Å². The van der Waals surface area contributed by atoms with Gasteiger partial charge in [0.1, 0.15) is 5.01 Å². The number of aromatic nitrogens is 1. The molecule has 0 aliphatic heterocycles. The van der Waals surface area contributed by atoms with Crippen LogP contribution in [0.2, 0.25) is 0 Å². The molecule has 0 spiro atoms. The molecule has 1 aromatic heterocycles. The summed E-state index contributed by atoms with van der Waals surface area (Å²) in [6.45, 7) is 5.40. The average Bonchev–Trinajstić information content (AvgIpc) is 2.80. The highest BCUT2D eigenvalue weighted by atomic mass is 32.1. The Bertz CT molecular complexity index is 373. The fourth-order valence-electron chi connectivity index (χ4n) is 2.16. The lowest BCUT2D eigenvalue weighted by molar-refractivity contribution is -0.121. The number of carbonyl (C=O) groups is 1. The fraction of sp³-hybridized carbons (Fsp3) is 0.714. The minimum atomic E-state index is 0.117. The Hall–Kier alpha value is -0.940. The van der Waals surface area contributed by atoms with Crippen molar-refractivity contribution < 1.29 is 4.79 Å². The molecule has 19 heavy (non-hydrogen) atoms. The van der Waals surface area contributed by atoms with Gasteiger partial charge >= 0.3 is 0 Å². The highest BCUT2D eigenvalue weighted by molar-refractivity contribution is 7.09. The van der Waals surface area contributed by atoms with Crippen molar-refractivity contribution in [3.05, 3.63) is 16.1 Å². The van der Waals surface area contributed by atoms with Crippen LogP contribution in [0.5, 0.6) is 0 Å². The van der Waals surface area contributed by atoms with Crippen molar-refractivity contribution in [2.24, 2.45) is 11.7 Å². The molecule has 0 saturated heterocycles. The van der Waals surface area contributed by atoms with E-state index in [0.29, 0.717) is 25.4 Å². The number of nitrogens with two attached hydrogens (primary N) is 1. The number of amides is 1. The third kappa shape index (κ3) is 6.68. The topological polar surface area (TPSA) is 68.0 Å². The summed E-state index contributed by atoms with van der Waals surface area (Å²) in [4.78, 5) is 16.1. The molecule has 0 saturated carbocycles. The van der Waals surface area contributed by atoms with Crippen molar-refractivity contribution in [1.82, 2.24) is 10.3 Å². The molecular weight excluding hydrogens is 258 g/mol. The molecule has 1 amide bonds. The molecular formula is C14H25N3OS. The van der Waals surface area contributed by atoms with Crippen molar-refractivity contribution in [1.29, 1.82) is 0 Å². The number of hydrogen-bond donors (Lipinski definition) is 2. The van der Waals surface area contributed by atoms with Gasteiger partial charge in [-0.3, -0.25) is 4.79 Å². The first kappa shape index (κ1) is 16.1. The third-order valence-electron chi connectivity index (χ3n) is 3.15. The SMILES string of the molecule is CCCC(CCN)CCC(=O)NCc1nc(C)cs1. The van der Waals surface area contributed by atoms with E-state index in [1.807, 2.05) is 12.3 Å². The van der Waals surface area contributed by atoms with Crippen molar-refractivity contribution >= 4 is 17.2 Å². The van der Waals surface area contributed by atoms with Crippen LogP contribution in [0.15, 0.2) is 5.38 Å². The van der Waals surface area contributed by atoms with Crippen LogP contribution in [-0.2, 0) is 11.3 Å². The summed E-state index contributed by atoms with van der Waals surface area (Å²) >= 11 is 1.59. The Balaban J connectivity index is 2.22. The minimum absolute atomic E-state index is 0.117. The average molecular weight is 283 g/mol. The number of nitrogens with one attached hydrogen (secondary N) is 1. The largest absolute Gasteiger partial charge is 0.350 e. The van der Waals surface area contributed by atoms with Crippen LogP contribution in [0.4, 0.5) is 0 Å². The van der Waals surface area contributed by atoms with Gasteiger partial charge in [-0.2, -0.15) is 0 Å². The molecule has 1 aromatic rings. The van der Waals surface area contributed by atoms with Crippen LogP contribution < -0.4 is 11.1 Å². The number of aryl methyl sites for hydroxylation is 1. The number of hydrogen-bond acceptors (Lipinski definition) is 4. The molecule has 4 nitrogen and oxygen atoms in total. The van der Waals surface area contributed by atoms with Crippen molar-refractivity contribution in [2.75, 3.05) is 6.54 Å². The molecule has 5 heteroatoms. The van der Waals surface area contributed by atoms with Crippen LogP contribution in [0, 0.1) is 12.8 Å². The summed E-state index contributed by atoms with van der Waals surface area (Å²) < 4.78 is 0. The number of carbonyl (C=O) groups excluding carboxylic acids is 1. The molecule has 0 aliphatic carbocycles. The minimum Gasteiger partial charge on any atom is -0.350 e. The predicted molar refractivity (Wildman–Crippen MR) is 80.0 cm³/mol. The zero-order chi connectivity index (χ0) is 14.1. The highest BCUT2D eigenvalue weighted by Crippen LogP contribution is 2.17. The second-order valence-corrected chi connectivity index (χ2v) is 5.87. The lowest BCUT2D eigenvalue weighted by Crippen LogP contribution is -2.23. The quantitative estimate of drug-likeness (QED) is 0.732. The molecule has 0 bridgehead atoms. The first-order chi connectivity index (χ1) is 9.15. The van der Waals surface area contributed by atoms with Crippen LogP contribution >= 0.6 is 11.3 Å². The number of rotatable bonds is 9. The van der Waals surface area contributed by atoms with Gasteiger partial charge in [-0.15, -0.1) is 11.3 Å². The zero-order valence-corrected chi connectivity index (χ0v) is 12.8. The molecule has 1 rings (SSSR count). The van der Waals surface area contributed by atoms with E-state index in [1.54, 1.807) is 11.3 Å². The van der Waals surface area contributed by atoms with Gasteiger partial charge in [0.25, 0.3) is 0 Å². The van der Waals surface area contributed by atoms with E-state index in [4.69, 9.17) is 5.73 Å². The van der Waals surface area contributed by atoms with Gasteiger partial charge in [0.05, 0.1) is 6.54 Å². The first-order valence-electron chi connectivity index (χ1n) is 7.03. The summed E-state index contributed by atoms with van der Waals surface area (Å²) in [5.41, 5.74) is 6.61. The standard InChI is InChI=1S/C14H25N3OS/c1-3-4-12(7-8-15)5-6-13(18)16-9-14-17-11(2)10-19-14/h10,12H,3-9,15H2,1-2H3,(H,16,18). The van der Waals surface area contributed by atoms with E-state index < -0.39 is 0 Å². The van der Waals surface area contributed by atoms with Gasteiger partial charge in [0.15, 0.2) is 0 Å². The molecule has 0 aliphatic rings. The summed E-state index contributed by atoms with van der Waals surface area (Å²) in [6, 6.07) is 0. The van der Waals surface area contributed by atoms with E-state index >= 15 is 0 Å². The molecule has 0 aromatic carbocycles. The van der Waals surface area contributed by atoms with E-state index in [-0.39, 0.29) is 5.91 Å². The molecule has 0 fully saturated rings. The molecule has 3 N–H and O–H groups in total. The smallest absolute Gasteiger partial charge is 0.220 e. The fourth-order valence-corrected chi connectivity index (χ4v) is 2.87. The Labute approximate surface area is 119 Å². The Morgan fingerprint density at radius 3 is 2.84 bits per heavy atom. The third-order valence-corrected chi connectivity index (χ3v) is 4.12. The maximum Gasteiger partial charge on any atom is 0.220 e.